The fraction of sp³-hybridized carbons (Fsp3) is 0.500. The molecule has 0 atom stereocenters. The molecule has 1 aromatic carbocycles. The number of carbonyl (C=O) groups excluding carboxylic acids is 2. The quantitative estimate of drug-likeness (QED) is 0.728. The highest BCUT2D eigenvalue weighted by Crippen LogP contribution is 2.22. The number of urea groups is 1. The van der Waals surface area contributed by atoms with Crippen molar-refractivity contribution in [2.24, 2.45) is 0 Å². The van der Waals surface area contributed by atoms with Crippen molar-refractivity contribution in [1.82, 2.24) is 10.2 Å². The Labute approximate surface area is 136 Å². The van der Waals surface area contributed by atoms with Crippen molar-refractivity contribution in [3.63, 3.8) is 0 Å². The molecule has 2 rings (SSSR count). The lowest BCUT2D eigenvalue weighted by Gasteiger charge is -2.18. The maximum atomic E-state index is 12.4. The van der Waals surface area contributed by atoms with Gasteiger partial charge in [0.25, 0.3) is 0 Å². The van der Waals surface area contributed by atoms with Crippen molar-refractivity contribution >= 4 is 17.6 Å². The van der Waals surface area contributed by atoms with E-state index in [1.165, 1.54) is 0 Å². The molecule has 23 heavy (non-hydrogen) atoms. The average Bonchev–Trinajstić information content (AvgIpc) is 2.92. The van der Waals surface area contributed by atoms with Crippen LogP contribution in [0.25, 0.3) is 0 Å². The summed E-state index contributed by atoms with van der Waals surface area (Å²) in [7, 11) is 3.22. The summed E-state index contributed by atoms with van der Waals surface area (Å²) in [5.74, 6) is 0.596. The van der Waals surface area contributed by atoms with Gasteiger partial charge in [-0.1, -0.05) is 0 Å². The molecule has 0 spiro atoms. The number of ether oxygens (including phenoxy) is 2. The van der Waals surface area contributed by atoms with E-state index in [0.29, 0.717) is 26.2 Å². The van der Waals surface area contributed by atoms with E-state index < -0.39 is 0 Å². The fourth-order valence-corrected chi connectivity index (χ4v) is 2.40. The van der Waals surface area contributed by atoms with Gasteiger partial charge >= 0.3 is 6.03 Å². The lowest BCUT2D eigenvalue weighted by atomic mass is 10.3. The van der Waals surface area contributed by atoms with Gasteiger partial charge in [-0.2, -0.15) is 0 Å². The van der Waals surface area contributed by atoms with Crippen molar-refractivity contribution in [2.45, 2.75) is 6.42 Å². The van der Waals surface area contributed by atoms with Gasteiger partial charge in [-0.3, -0.25) is 9.69 Å². The number of hydrogen-bond donors (Lipinski definition) is 1. The molecular formula is C16H23N3O4. The molecule has 0 unspecified atom stereocenters. The highest BCUT2D eigenvalue weighted by molar-refractivity contribution is 5.96. The van der Waals surface area contributed by atoms with Gasteiger partial charge in [-0.05, 0) is 30.7 Å². The molecule has 1 saturated heterocycles. The summed E-state index contributed by atoms with van der Waals surface area (Å²) in [6.45, 7) is 2.35. The number of carbonyl (C=O) groups is 2. The Hall–Kier alpha value is -2.28. The summed E-state index contributed by atoms with van der Waals surface area (Å²) < 4.78 is 10.0. The van der Waals surface area contributed by atoms with Gasteiger partial charge in [0, 0.05) is 39.0 Å². The van der Waals surface area contributed by atoms with E-state index in [1.807, 2.05) is 24.3 Å². The molecule has 1 fully saturated rings. The van der Waals surface area contributed by atoms with Crippen molar-refractivity contribution < 1.29 is 19.1 Å². The van der Waals surface area contributed by atoms with E-state index in [-0.39, 0.29) is 18.5 Å². The van der Waals surface area contributed by atoms with Crippen molar-refractivity contribution in [1.29, 1.82) is 0 Å². The number of rotatable bonds is 8. The van der Waals surface area contributed by atoms with E-state index in [0.717, 1.165) is 17.9 Å². The standard InChI is InChI=1S/C16H23N3O4/c1-22-11-3-8-17-15(20)12-18-9-10-19(16(18)21)13-4-6-14(23-2)7-5-13/h4-7H,3,8-12H2,1-2H3,(H,17,20). The average molecular weight is 321 g/mol. The number of nitrogens with zero attached hydrogens (tertiary/aromatic N) is 2. The molecule has 0 radical (unpaired) electrons. The molecule has 0 bridgehead atoms. The molecule has 0 aliphatic carbocycles. The van der Waals surface area contributed by atoms with Crippen molar-refractivity contribution in [3.05, 3.63) is 24.3 Å². The Balaban J connectivity index is 1.84. The fourth-order valence-electron chi connectivity index (χ4n) is 2.40. The van der Waals surface area contributed by atoms with Crippen LogP contribution in [0.3, 0.4) is 0 Å². The molecule has 0 aromatic heterocycles. The van der Waals surface area contributed by atoms with Crippen molar-refractivity contribution in [2.75, 3.05) is 51.9 Å². The molecular weight excluding hydrogens is 298 g/mol. The number of nitrogens with one attached hydrogen (secondary N) is 1. The van der Waals surface area contributed by atoms with E-state index in [4.69, 9.17) is 9.47 Å². The highest BCUT2D eigenvalue weighted by atomic mass is 16.5. The zero-order chi connectivity index (χ0) is 16.7. The summed E-state index contributed by atoms with van der Waals surface area (Å²) in [6, 6.07) is 7.15. The third-order valence-electron chi connectivity index (χ3n) is 3.66. The SMILES string of the molecule is COCCCNC(=O)CN1CCN(c2ccc(OC)cc2)C1=O. The van der Waals surface area contributed by atoms with Crippen LogP contribution in [-0.4, -0.2) is 63.8 Å². The van der Waals surface area contributed by atoms with Gasteiger partial charge in [0.05, 0.1) is 7.11 Å². The first kappa shape index (κ1) is 17.1. The van der Waals surface area contributed by atoms with Crippen LogP contribution in [-0.2, 0) is 9.53 Å². The van der Waals surface area contributed by atoms with Gasteiger partial charge in [0.15, 0.2) is 0 Å². The molecule has 126 valence electrons. The summed E-state index contributed by atoms with van der Waals surface area (Å²) in [5.41, 5.74) is 0.804. The minimum Gasteiger partial charge on any atom is -0.497 e. The third kappa shape index (κ3) is 4.59. The van der Waals surface area contributed by atoms with Crippen LogP contribution in [0.1, 0.15) is 6.42 Å². The molecule has 1 N–H and O–H groups in total. The predicted octanol–water partition coefficient (Wildman–Crippen LogP) is 1.09. The second kappa shape index (κ2) is 8.38. The second-order valence-corrected chi connectivity index (χ2v) is 5.25. The summed E-state index contributed by atoms with van der Waals surface area (Å²) in [5, 5.41) is 2.79. The zero-order valence-corrected chi connectivity index (χ0v) is 13.6. The van der Waals surface area contributed by atoms with Gasteiger partial charge in [-0.15, -0.1) is 0 Å². The number of amides is 3. The van der Waals surface area contributed by atoms with Crippen molar-refractivity contribution in [3.8, 4) is 5.75 Å². The predicted molar refractivity (Wildman–Crippen MR) is 86.8 cm³/mol. The maximum absolute atomic E-state index is 12.4. The first-order valence-electron chi connectivity index (χ1n) is 7.62. The molecule has 1 aliphatic rings. The van der Waals surface area contributed by atoms with Crippen LogP contribution in [0.4, 0.5) is 10.5 Å². The zero-order valence-electron chi connectivity index (χ0n) is 13.6. The van der Waals surface area contributed by atoms with E-state index in [2.05, 4.69) is 5.32 Å². The number of benzene rings is 1. The Bertz CT molecular complexity index is 533. The van der Waals surface area contributed by atoms with Gasteiger partial charge in [-0.25, -0.2) is 4.79 Å². The Morgan fingerprint density at radius 1 is 1.22 bits per heavy atom. The molecule has 7 nitrogen and oxygen atoms in total. The normalized spacial score (nSPS) is 14.3. The Morgan fingerprint density at radius 3 is 2.61 bits per heavy atom. The molecule has 1 aliphatic heterocycles. The number of hydrogen-bond acceptors (Lipinski definition) is 4. The Kier molecular flexibility index (Phi) is 6.22. The topological polar surface area (TPSA) is 71.1 Å². The maximum Gasteiger partial charge on any atom is 0.325 e. The molecule has 3 amide bonds. The van der Waals surface area contributed by atoms with Crippen LogP contribution in [0.5, 0.6) is 5.75 Å². The van der Waals surface area contributed by atoms with Crippen LogP contribution >= 0.6 is 0 Å². The number of methoxy groups -OCH3 is 2. The van der Waals surface area contributed by atoms with Crippen LogP contribution < -0.4 is 15.0 Å². The van der Waals surface area contributed by atoms with Crippen LogP contribution in [0.2, 0.25) is 0 Å². The van der Waals surface area contributed by atoms with Crippen LogP contribution in [0, 0.1) is 0 Å². The van der Waals surface area contributed by atoms with E-state index in [9.17, 15) is 9.59 Å². The lowest BCUT2D eigenvalue weighted by molar-refractivity contribution is -0.121. The van der Waals surface area contributed by atoms with Gasteiger partial charge in [0.2, 0.25) is 5.91 Å². The second-order valence-electron chi connectivity index (χ2n) is 5.25. The monoisotopic (exact) mass is 321 g/mol. The molecule has 0 saturated carbocycles. The van der Waals surface area contributed by atoms with Gasteiger partial charge in [0.1, 0.15) is 12.3 Å². The largest absolute Gasteiger partial charge is 0.497 e. The smallest absolute Gasteiger partial charge is 0.325 e. The first-order valence-corrected chi connectivity index (χ1v) is 7.62. The lowest BCUT2D eigenvalue weighted by Crippen LogP contribution is -2.40. The summed E-state index contributed by atoms with van der Waals surface area (Å²) in [4.78, 5) is 27.5. The minimum absolute atomic E-state index is 0.0818. The van der Waals surface area contributed by atoms with E-state index >= 15 is 0 Å². The summed E-state index contributed by atoms with van der Waals surface area (Å²) in [6.07, 6.45) is 0.758. The summed E-state index contributed by atoms with van der Waals surface area (Å²) >= 11 is 0. The number of anilines is 1. The first-order chi connectivity index (χ1) is 11.2. The molecule has 7 heteroatoms. The van der Waals surface area contributed by atoms with Crippen LogP contribution in [0.15, 0.2) is 24.3 Å². The molecule has 1 aromatic rings. The Morgan fingerprint density at radius 2 is 1.96 bits per heavy atom. The van der Waals surface area contributed by atoms with E-state index in [1.54, 1.807) is 24.0 Å². The highest BCUT2D eigenvalue weighted by Gasteiger charge is 2.30. The van der Waals surface area contributed by atoms with Gasteiger partial charge < -0.3 is 19.7 Å². The third-order valence-corrected chi connectivity index (χ3v) is 3.66. The minimum atomic E-state index is -0.151. The molecule has 1 heterocycles.